The van der Waals surface area contributed by atoms with E-state index in [2.05, 4.69) is 9.98 Å². The van der Waals surface area contributed by atoms with Gasteiger partial charge in [0.1, 0.15) is 23.4 Å². The van der Waals surface area contributed by atoms with Crippen molar-refractivity contribution in [1.82, 2.24) is 9.55 Å². The lowest BCUT2D eigenvalue weighted by Crippen LogP contribution is -2.23. The zero-order valence-corrected chi connectivity index (χ0v) is 28.3. The highest BCUT2D eigenvalue weighted by atomic mass is 32.2. The number of rotatable bonds is 15. The second-order valence-electron chi connectivity index (χ2n) is 9.97. The van der Waals surface area contributed by atoms with Crippen LogP contribution in [0.5, 0.6) is 17.2 Å². The van der Waals surface area contributed by atoms with E-state index >= 15 is 0 Å². The van der Waals surface area contributed by atoms with Gasteiger partial charge in [0.05, 0.1) is 37.2 Å². The topological polar surface area (TPSA) is 137 Å². The average molecular weight is 680 g/mol. The zero-order valence-electron chi connectivity index (χ0n) is 25.8. The molecule has 1 aliphatic rings. The van der Waals surface area contributed by atoms with Crippen LogP contribution in [0.1, 0.15) is 55.6 Å². The molecule has 3 aromatic rings. The smallest absolute Gasteiger partial charge is 0.336 e. The Labute approximate surface area is 270 Å². The monoisotopic (exact) mass is 679 g/mol. The number of thiazole rings is 1. The number of pyridine rings is 1. The Hall–Kier alpha value is -3.00. The Morgan fingerprint density at radius 2 is 1.93 bits per heavy atom. The Balaban J connectivity index is 1.69. The first-order valence-corrected chi connectivity index (χ1v) is 18.4. The largest absolute Gasteiger partial charge is 0.488 e. The van der Waals surface area contributed by atoms with Crippen LogP contribution in [-0.4, -0.2) is 60.7 Å². The van der Waals surface area contributed by atoms with Crippen molar-refractivity contribution in [2.45, 2.75) is 63.6 Å². The van der Waals surface area contributed by atoms with Crippen LogP contribution in [0.15, 0.2) is 51.9 Å². The second-order valence-corrected chi connectivity index (χ2v) is 13.7. The molecule has 1 aliphatic heterocycles. The molecule has 1 atom stereocenters. The number of thioether (sulfide) groups is 1. The van der Waals surface area contributed by atoms with Crippen molar-refractivity contribution in [3.63, 3.8) is 0 Å². The van der Waals surface area contributed by atoms with E-state index in [9.17, 15) is 14.2 Å². The second kappa shape index (κ2) is 17.1. The van der Waals surface area contributed by atoms with Gasteiger partial charge in [0.15, 0.2) is 11.5 Å². The molecule has 4 rings (SSSR count). The number of carbonyl (C=O) groups excluding carboxylic acids is 2. The Bertz CT molecular complexity index is 1550. The van der Waals surface area contributed by atoms with E-state index in [1.165, 1.54) is 11.8 Å². The van der Waals surface area contributed by atoms with Crippen molar-refractivity contribution >= 4 is 42.6 Å². The molecule has 0 spiro atoms. The zero-order chi connectivity index (χ0) is 32.2. The lowest BCUT2D eigenvalue weighted by atomic mass is 10.2. The van der Waals surface area contributed by atoms with Crippen molar-refractivity contribution in [3.05, 3.63) is 58.0 Å². The summed E-state index contributed by atoms with van der Waals surface area (Å²) < 4.78 is 48.6. The molecule has 2 aromatic heterocycles. The Kier molecular flexibility index (Phi) is 13.2. The van der Waals surface area contributed by atoms with Crippen molar-refractivity contribution < 1.29 is 42.1 Å². The summed E-state index contributed by atoms with van der Waals surface area (Å²) in [5.41, 5.74) is 0.716. The number of nitrogens with zero attached hydrogens (tertiary/aromatic N) is 3. The lowest BCUT2D eigenvalue weighted by molar-refractivity contribution is -0.147. The summed E-state index contributed by atoms with van der Waals surface area (Å²) in [6, 6.07) is 8.48. The molecule has 15 heteroatoms. The van der Waals surface area contributed by atoms with Gasteiger partial charge >= 0.3 is 13.6 Å². The first-order valence-electron chi connectivity index (χ1n) is 14.5. The summed E-state index contributed by atoms with van der Waals surface area (Å²) in [6.45, 7) is 4.65. The van der Waals surface area contributed by atoms with Crippen LogP contribution in [0.25, 0.3) is 0 Å². The third-order valence-corrected chi connectivity index (χ3v) is 9.93. The van der Waals surface area contributed by atoms with E-state index in [4.69, 9.17) is 28.0 Å². The fraction of sp³-hybridized carbons (Fsp3) is 0.467. The molecule has 1 saturated heterocycles. The van der Waals surface area contributed by atoms with Gasteiger partial charge in [-0.05, 0) is 49.8 Å². The maximum absolute atomic E-state index is 13.7. The molecule has 244 valence electrons. The molecule has 1 amide bonds. The number of aromatic nitrogens is 2. The first kappa shape index (κ1) is 34.9. The van der Waals surface area contributed by atoms with Crippen LogP contribution in [0.4, 0.5) is 0 Å². The van der Waals surface area contributed by atoms with Crippen molar-refractivity contribution in [2.24, 2.45) is 4.99 Å². The van der Waals surface area contributed by atoms with Gasteiger partial charge in [0.2, 0.25) is 0 Å². The van der Waals surface area contributed by atoms with Gasteiger partial charge in [-0.3, -0.25) is 18.7 Å². The van der Waals surface area contributed by atoms with E-state index < -0.39 is 19.5 Å². The van der Waals surface area contributed by atoms with Crippen LogP contribution < -0.4 is 14.3 Å². The SMILES string of the molecule is CCCC(=O)OCn1c(CP2(=O)OCCCO2)cs/c1=N\C(=O)c1cc(Oc2ccc(SC)nc2)cc(OC(CC)COC)c1. The number of benzene rings is 1. The summed E-state index contributed by atoms with van der Waals surface area (Å²) in [5, 5.41) is 2.55. The summed E-state index contributed by atoms with van der Waals surface area (Å²) in [4.78, 5) is 34.8. The molecule has 0 aliphatic carbocycles. The predicted octanol–water partition coefficient (Wildman–Crippen LogP) is 6.43. The summed E-state index contributed by atoms with van der Waals surface area (Å²) in [7, 11) is -1.81. The standard InChI is InChI=1S/C30H38N3O9PS2/c1-5-8-28(34)38-20-33-22(18-43(36)39-11-7-12-40-43)19-45-30(33)32-29(35)21-13-25(41-23(6-2)17-37-3)15-26(14-21)42-24-9-10-27(44-4)31-16-24/h9-10,13-16,19,23H,5-8,11-12,17-18,20H2,1-4H3/b32-30-. The number of esters is 1. The highest BCUT2D eigenvalue weighted by molar-refractivity contribution is 7.98. The van der Waals surface area contributed by atoms with E-state index in [1.54, 1.807) is 47.5 Å². The third-order valence-electron chi connectivity index (χ3n) is 6.50. The van der Waals surface area contributed by atoms with E-state index in [-0.39, 0.29) is 35.8 Å². The van der Waals surface area contributed by atoms with E-state index in [1.807, 2.05) is 26.2 Å². The molecule has 45 heavy (non-hydrogen) atoms. The van der Waals surface area contributed by atoms with Gasteiger partial charge in [-0.1, -0.05) is 13.8 Å². The number of hydrogen-bond acceptors (Lipinski definition) is 12. The molecular weight excluding hydrogens is 641 g/mol. The molecule has 1 fully saturated rings. The molecule has 0 saturated carbocycles. The third kappa shape index (κ3) is 10.2. The summed E-state index contributed by atoms with van der Waals surface area (Å²) >= 11 is 2.66. The Morgan fingerprint density at radius 1 is 1.16 bits per heavy atom. The van der Waals surface area contributed by atoms with Crippen molar-refractivity contribution in [2.75, 3.05) is 33.2 Å². The average Bonchev–Trinajstić information content (AvgIpc) is 3.40. The molecule has 12 nitrogen and oxygen atoms in total. The number of amides is 1. The van der Waals surface area contributed by atoms with Gasteiger partial charge in [0, 0.05) is 36.2 Å². The normalized spacial score (nSPS) is 15.4. The van der Waals surface area contributed by atoms with Crippen LogP contribution in [0.2, 0.25) is 0 Å². The van der Waals surface area contributed by atoms with Gasteiger partial charge in [-0.2, -0.15) is 4.99 Å². The van der Waals surface area contributed by atoms with E-state index in [0.717, 1.165) is 16.4 Å². The molecule has 0 bridgehead atoms. The fourth-order valence-corrected chi connectivity index (χ4v) is 7.30. The summed E-state index contributed by atoms with van der Waals surface area (Å²) in [6.07, 6.45) is 5.42. The highest BCUT2D eigenvalue weighted by Crippen LogP contribution is 2.53. The quantitative estimate of drug-likeness (QED) is 0.0998. The van der Waals surface area contributed by atoms with E-state index in [0.29, 0.717) is 62.0 Å². The minimum atomic E-state index is -3.41. The maximum atomic E-state index is 13.7. The van der Waals surface area contributed by atoms with Gasteiger partial charge in [-0.25, -0.2) is 4.98 Å². The number of carbonyl (C=O) groups is 2. The molecular formula is C30H38N3O9PS2. The van der Waals surface area contributed by atoms with Crippen LogP contribution in [0.3, 0.4) is 0 Å². The van der Waals surface area contributed by atoms with Gasteiger partial charge < -0.3 is 28.0 Å². The predicted molar refractivity (Wildman–Crippen MR) is 170 cm³/mol. The van der Waals surface area contributed by atoms with Gasteiger partial charge in [0.25, 0.3) is 5.91 Å². The number of ether oxygens (including phenoxy) is 4. The van der Waals surface area contributed by atoms with Crippen LogP contribution in [0, 0.1) is 0 Å². The molecule has 1 unspecified atom stereocenters. The minimum Gasteiger partial charge on any atom is -0.488 e. The molecule has 3 heterocycles. The highest BCUT2D eigenvalue weighted by Gasteiger charge is 2.30. The lowest BCUT2D eigenvalue weighted by Gasteiger charge is -2.23. The molecule has 0 N–H and O–H groups in total. The van der Waals surface area contributed by atoms with Crippen molar-refractivity contribution in [1.29, 1.82) is 0 Å². The van der Waals surface area contributed by atoms with Gasteiger partial charge in [-0.15, -0.1) is 23.1 Å². The first-order chi connectivity index (χ1) is 21.7. The summed E-state index contributed by atoms with van der Waals surface area (Å²) in [5.74, 6) is 0.265. The molecule has 0 radical (unpaired) electrons. The minimum absolute atomic E-state index is 0.0544. The Morgan fingerprint density at radius 3 is 2.60 bits per heavy atom. The van der Waals surface area contributed by atoms with Crippen LogP contribution >= 0.6 is 30.7 Å². The van der Waals surface area contributed by atoms with Crippen LogP contribution in [-0.2, 0) is 40.8 Å². The number of methoxy groups -OCH3 is 1. The molecule has 1 aromatic carbocycles. The van der Waals surface area contributed by atoms with Crippen molar-refractivity contribution in [3.8, 4) is 17.2 Å². The fourth-order valence-electron chi connectivity index (χ4n) is 4.20. The number of hydrogen-bond donors (Lipinski definition) is 0. The maximum Gasteiger partial charge on any atom is 0.336 e.